The summed E-state index contributed by atoms with van der Waals surface area (Å²) in [7, 11) is 3.56. The molecule has 0 atom stereocenters. The van der Waals surface area contributed by atoms with Crippen LogP contribution in [0, 0.1) is 5.41 Å². The minimum atomic E-state index is 0. The molecule has 1 aliphatic carbocycles. The molecule has 1 aliphatic rings. The quantitative estimate of drug-likeness (QED) is 0.314. The van der Waals surface area contributed by atoms with Crippen LogP contribution in [-0.2, 0) is 4.74 Å². The van der Waals surface area contributed by atoms with Crippen molar-refractivity contribution in [2.24, 2.45) is 10.4 Å². The van der Waals surface area contributed by atoms with E-state index in [9.17, 15) is 0 Å². The van der Waals surface area contributed by atoms with Gasteiger partial charge in [0.25, 0.3) is 0 Å². The van der Waals surface area contributed by atoms with Crippen molar-refractivity contribution in [2.45, 2.75) is 25.7 Å². The molecule has 0 aliphatic heterocycles. The molecule has 0 radical (unpaired) electrons. The molecule has 0 spiro atoms. The zero-order valence-electron chi connectivity index (χ0n) is 11.5. The predicted molar refractivity (Wildman–Crippen MR) is 87.8 cm³/mol. The summed E-state index contributed by atoms with van der Waals surface area (Å²) in [6.45, 7) is 6.25. The highest BCUT2D eigenvalue weighted by atomic mass is 127. The first-order chi connectivity index (χ1) is 8.26. The van der Waals surface area contributed by atoms with Crippen molar-refractivity contribution in [1.82, 2.24) is 10.6 Å². The van der Waals surface area contributed by atoms with E-state index in [1.807, 2.05) is 6.08 Å². The van der Waals surface area contributed by atoms with Gasteiger partial charge in [-0.3, -0.25) is 4.99 Å². The van der Waals surface area contributed by atoms with Gasteiger partial charge in [0, 0.05) is 33.9 Å². The molecule has 0 saturated heterocycles. The van der Waals surface area contributed by atoms with Crippen LogP contribution >= 0.6 is 24.0 Å². The van der Waals surface area contributed by atoms with E-state index >= 15 is 0 Å². The molecule has 1 fully saturated rings. The van der Waals surface area contributed by atoms with Crippen LogP contribution in [0.4, 0.5) is 0 Å². The van der Waals surface area contributed by atoms with E-state index < -0.39 is 0 Å². The topological polar surface area (TPSA) is 45.7 Å². The first kappa shape index (κ1) is 17.7. The Balaban J connectivity index is 0.00000289. The van der Waals surface area contributed by atoms with Gasteiger partial charge in [-0.25, -0.2) is 0 Å². The van der Waals surface area contributed by atoms with Crippen LogP contribution in [0.5, 0.6) is 0 Å². The minimum absolute atomic E-state index is 0. The standard InChI is InChI=1S/C13H25N3O.HI/c1-4-9-15-12(14-2)16-11-13(6-5-7-13)8-10-17-3;/h4H,1,5-11H2,2-3H3,(H2,14,15,16);1H. The molecule has 0 unspecified atom stereocenters. The number of nitrogens with one attached hydrogen (secondary N) is 2. The molecule has 0 heterocycles. The maximum absolute atomic E-state index is 5.18. The highest BCUT2D eigenvalue weighted by Gasteiger charge is 2.36. The Morgan fingerprint density at radius 2 is 2.17 bits per heavy atom. The van der Waals surface area contributed by atoms with Crippen LogP contribution in [0.15, 0.2) is 17.6 Å². The molecule has 18 heavy (non-hydrogen) atoms. The number of nitrogens with zero attached hydrogens (tertiary/aromatic N) is 1. The molecule has 0 aromatic carbocycles. The lowest BCUT2D eigenvalue weighted by Crippen LogP contribution is -2.46. The van der Waals surface area contributed by atoms with Gasteiger partial charge in [-0.1, -0.05) is 12.5 Å². The zero-order chi connectivity index (χ0) is 12.6. The average molecular weight is 367 g/mol. The van der Waals surface area contributed by atoms with E-state index in [4.69, 9.17) is 4.74 Å². The van der Waals surface area contributed by atoms with Crippen molar-refractivity contribution in [2.75, 3.05) is 33.9 Å². The van der Waals surface area contributed by atoms with Gasteiger partial charge in [-0.05, 0) is 24.7 Å². The normalized spacial score (nSPS) is 17.3. The largest absolute Gasteiger partial charge is 0.385 e. The predicted octanol–water partition coefficient (Wildman–Crippen LogP) is 2.16. The smallest absolute Gasteiger partial charge is 0.191 e. The number of halogens is 1. The number of hydrogen-bond acceptors (Lipinski definition) is 2. The van der Waals surface area contributed by atoms with Gasteiger partial charge in [-0.2, -0.15) is 0 Å². The Morgan fingerprint density at radius 1 is 1.44 bits per heavy atom. The van der Waals surface area contributed by atoms with E-state index in [-0.39, 0.29) is 24.0 Å². The third-order valence-corrected chi connectivity index (χ3v) is 3.52. The molecule has 5 heteroatoms. The fourth-order valence-electron chi connectivity index (χ4n) is 2.17. The van der Waals surface area contributed by atoms with Crippen molar-refractivity contribution in [1.29, 1.82) is 0 Å². The first-order valence-corrected chi connectivity index (χ1v) is 6.31. The Kier molecular flexibility index (Phi) is 9.45. The maximum atomic E-state index is 5.18. The molecule has 4 nitrogen and oxygen atoms in total. The second kappa shape index (κ2) is 9.61. The fraction of sp³-hybridized carbons (Fsp3) is 0.769. The van der Waals surface area contributed by atoms with Gasteiger partial charge in [-0.15, -0.1) is 30.6 Å². The van der Waals surface area contributed by atoms with Crippen LogP contribution in [0.25, 0.3) is 0 Å². The average Bonchev–Trinajstić information content (AvgIpc) is 2.31. The summed E-state index contributed by atoms with van der Waals surface area (Å²) < 4.78 is 5.18. The Hall–Kier alpha value is -0.300. The molecular formula is C13H26IN3O. The molecule has 1 saturated carbocycles. The van der Waals surface area contributed by atoms with Gasteiger partial charge in [0.2, 0.25) is 0 Å². The van der Waals surface area contributed by atoms with E-state index in [1.54, 1.807) is 14.2 Å². The number of aliphatic imine (C=N–C) groups is 1. The zero-order valence-corrected chi connectivity index (χ0v) is 13.8. The van der Waals surface area contributed by atoms with Crippen molar-refractivity contribution in [3.05, 3.63) is 12.7 Å². The summed E-state index contributed by atoms with van der Waals surface area (Å²) in [6.07, 6.45) is 6.89. The monoisotopic (exact) mass is 367 g/mol. The SMILES string of the molecule is C=CCNC(=NC)NCC1(CCOC)CCC1.I. The van der Waals surface area contributed by atoms with Gasteiger partial charge < -0.3 is 15.4 Å². The van der Waals surface area contributed by atoms with Gasteiger partial charge in [0.1, 0.15) is 0 Å². The first-order valence-electron chi connectivity index (χ1n) is 6.31. The summed E-state index contributed by atoms with van der Waals surface area (Å²) in [6, 6.07) is 0. The number of ether oxygens (including phenoxy) is 1. The Bertz CT molecular complexity index is 265. The van der Waals surface area contributed by atoms with Crippen molar-refractivity contribution in [3.8, 4) is 0 Å². The molecule has 2 N–H and O–H groups in total. The highest BCUT2D eigenvalue weighted by molar-refractivity contribution is 14.0. The third kappa shape index (κ3) is 5.56. The molecule has 1 rings (SSSR count). The lowest BCUT2D eigenvalue weighted by Gasteiger charge is -2.42. The Labute approximate surface area is 128 Å². The van der Waals surface area contributed by atoms with Crippen molar-refractivity contribution < 1.29 is 4.74 Å². The summed E-state index contributed by atoms with van der Waals surface area (Å²) in [5.41, 5.74) is 0.418. The summed E-state index contributed by atoms with van der Waals surface area (Å²) in [5, 5.41) is 6.58. The number of guanidine groups is 1. The lowest BCUT2D eigenvalue weighted by atomic mass is 9.67. The fourth-order valence-corrected chi connectivity index (χ4v) is 2.17. The maximum Gasteiger partial charge on any atom is 0.191 e. The summed E-state index contributed by atoms with van der Waals surface area (Å²) in [4.78, 5) is 4.18. The van der Waals surface area contributed by atoms with Crippen LogP contribution < -0.4 is 10.6 Å². The summed E-state index contributed by atoms with van der Waals surface area (Å²) in [5.74, 6) is 0.855. The number of hydrogen-bond donors (Lipinski definition) is 2. The van der Waals surface area contributed by atoms with Gasteiger partial charge >= 0.3 is 0 Å². The van der Waals surface area contributed by atoms with E-state index in [2.05, 4.69) is 22.2 Å². The van der Waals surface area contributed by atoms with Crippen LogP contribution in [0.1, 0.15) is 25.7 Å². The van der Waals surface area contributed by atoms with E-state index in [0.717, 1.165) is 32.1 Å². The van der Waals surface area contributed by atoms with Crippen LogP contribution in [-0.4, -0.2) is 39.8 Å². The van der Waals surface area contributed by atoms with Crippen LogP contribution in [0.3, 0.4) is 0 Å². The van der Waals surface area contributed by atoms with E-state index in [1.165, 1.54) is 19.3 Å². The second-order valence-electron chi connectivity index (χ2n) is 4.69. The van der Waals surface area contributed by atoms with Crippen molar-refractivity contribution >= 4 is 29.9 Å². The molecule has 0 amide bonds. The van der Waals surface area contributed by atoms with E-state index in [0.29, 0.717) is 5.41 Å². The molecule has 106 valence electrons. The van der Waals surface area contributed by atoms with Crippen LogP contribution in [0.2, 0.25) is 0 Å². The minimum Gasteiger partial charge on any atom is -0.385 e. The van der Waals surface area contributed by atoms with Crippen molar-refractivity contribution in [3.63, 3.8) is 0 Å². The molecule has 0 aromatic rings. The number of methoxy groups -OCH3 is 1. The second-order valence-corrected chi connectivity index (χ2v) is 4.69. The number of rotatable bonds is 7. The summed E-state index contributed by atoms with van der Waals surface area (Å²) >= 11 is 0. The third-order valence-electron chi connectivity index (χ3n) is 3.52. The molecule has 0 aromatic heterocycles. The molecular weight excluding hydrogens is 341 g/mol. The lowest BCUT2D eigenvalue weighted by molar-refractivity contribution is 0.0733. The van der Waals surface area contributed by atoms with Gasteiger partial charge in [0.15, 0.2) is 5.96 Å². The molecule has 0 bridgehead atoms. The van der Waals surface area contributed by atoms with Gasteiger partial charge in [0.05, 0.1) is 0 Å². The Morgan fingerprint density at radius 3 is 2.61 bits per heavy atom. The highest BCUT2D eigenvalue weighted by Crippen LogP contribution is 2.43.